The van der Waals surface area contributed by atoms with Gasteiger partial charge in [0.15, 0.2) is 5.82 Å². The zero-order valence-corrected chi connectivity index (χ0v) is 21.7. The van der Waals surface area contributed by atoms with Gasteiger partial charge in [0.25, 0.3) is 10.0 Å². The van der Waals surface area contributed by atoms with E-state index in [0.29, 0.717) is 35.7 Å². The van der Waals surface area contributed by atoms with Crippen LogP contribution in [0.4, 0.5) is 10.2 Å². The number of ether oxygens (including phenoxy) is 1. The van der Waals surface area contributed by atoms with E-state index < -0.39 is 26.7 Å². The van der Waals surface area contributed by atoms with E-state index in [9.17, 15) is 17.6 Å². The minimum atomic E-state index is -4.27. The first-order chi connectivity index (χ1) is 17.1. The molecule has 0 saturated heterocycles. The van der Waals surface area contributed by atoms with Gasteiger partial charge in [0.05, 0.1) is 23.6 Å². The summed E-state index contributed by atoms with van der Waals surface area (Å²) in [5.74, 6) is 0.682. The van der Waals surface area contributed by atoms with Gasteiger partial charge in [0.1, 0.15) is 22.2 Å². The number of carboxylic acid groups (broad SMARTS) is 1. The molecule has 0 unspecified atom stereocenters. The molecule has 0 aliphatic heterocycles. The summed E-state index contributed by atoms with van der Waals surface area (Å²) in [6, 6.07) is 6.67. The number of terminal acetylenes is 1. The fourth-order valence-electron chi connectivity index (χ4n) is 3.24. The van der Waals surface area contributed by atoms with E-state index in [1.807, 2.05) is 0 Å². The number of benzene rings is 2. The number of carbonyl (C=O) groups is 1. The molecular weight excluding hydrogens is 552 g/mol. The van der Waals surface area contributed by atoms with Crippen molar-refractivity contribution in [1.29, 1.82) is 0 Å². The van der Waals surface area contributed by atoms with Gasteiger partial charge in [-0.25, -0.2) is 17.8 Å². The molecule has 8 nitrogen and oxygen atoms in total. The van der Waals surface area contributed by atoms with Crippen LogP contribution in [0, 0.1) is 18.2 Å². The number of nitrogens with one attached hydrogen (secondary N) is 1. The summed E-state index contributed by atoms with van der Waals surface area (Å²) in [5.41, 5.74) is 2.09. The van der Waals surface area contributed by atoms with Crippen LogP contribution in [-0.2, 0) is 21.2 Å². The van der Waals surface area contributed by atoms with Crippen molar-refractivity contribution in [1.82, 2.24) is 9.88 Å². The Morgan fingerprint density at radius 2 is 2.06 bits per heavy atom. The Bertz CT molecular complexity index is 1380. The van der Waals surface area contributed by atoms with Crippen LogP contribution in [0.3, 0.4) is 0 Å². The molecule has 190 valence electrons. The average Bonchev–Trinajstić information content (AvgIpc) is 3.29. The summed E-state index contributed by atoms with van der Waals surface area (Å²) < 4.78 is 48.0. The lowest BCUT2D eigenvalue weighted by atomic mass is 10.1. The minimum absolute atomic E-state index is 0.0609. The molecule has 0 aliphatic rings. The standard InChI is InChI=1S/C23H20Cl2FN3O5S2/c1-2-7-29(12-23(30)31)8-3-4-15-9-16(24)5-6-19(15)34-20-11-18(26)21(10-17(20)25)36(32,33)28-22-13-35-14-27-22/h1,5-6,9-11,13-14,28H,3-4,7-8,12H2,(H,30,31). The Balaban J connectivity index is 1.78. The highest BCUT2D eigenvalue weighted by atomic mass is 35.5. The lowest BCUT2D eigenvalue weighted by Crippen LogP contribution is -2.31. The molecule has 0 aliphatic carbocycles. The number of aryl methyl sites for hydroxylation is 1. The molecule has 0 amide bonds. The normalized spacial score (nSPS) is 11.3. The molecule has 1 heterocycles. The van der Waals surface area contributed by atoms with Crippen LogP contribution in [-0.4, -0.2) is 49.0 Å². The van der Waals surface area contributed by atoms with Crippen LogP contribution in [0.1, 0.15) is 12.0 Å². The van der Waals surface area contributed by atoms with Crippen molar-refractivity contribution in [2.45, 2.75) is 17.7 Å². The summed E-state index contributed by atoms with van der Waals surface area (Å²) in [4.78, 5) is 15.8. The van der Waals surface area contributed by atoms with E-state index in [-0.39, 0.29) is 29.7 Å². The molecule has 13 heteroatoms. The smallest absolute Gasteiger partial charge is 0.317 e. The number of aliphatic carboxylic acids is 1. The Kier molecular flexibility index (Phi) is 9.53. The number of hydrogen-bond acceptors (Lipinski definition) is 7. The monoisotopic (exact) mass is 571 g/mol. The van der Waals surface area contributed by atoms with Crippen LogP contribution in [0.25, 0.3) is 0 Å². The van der Waals surface area contributed by atoms with Crippen molar-refractivity contribution in [3.63, 3.8) is 0 Å². The van der Waals surface area contributed by atoms with E-state index in [4.69, 9.17) is 39.5 Å². The van der Waals surface area contributed by atoms with E-state index in [2.05, 4.69) is 15.6 Å². The number of nitrogens with zero attached hydrogens (tertiary/aromatic N) is 2. The minimum Gasteiger partial charge on any atom is -0.480 e. The highest BCUT2D eigenvalue weighted by Crippen LogP contribution is 2.36. The van der Waals surface area contributed by atoms with Gasteiger partial charge in [0.2, 0.25) is 0 Å². The maximum atomic E-state index is 14.8. The SMILES string of the molecule is C#CCN(CCCc1cc(Cl)ccc1Oc1cc(F)c(S(=O)(=O)Nc2cscn2)cc1Cl)CC(=O)O. The van der Waals surface area contributed by atoms with Gasteiger partial charge >= 0.3 is 5.97 Å². The molecule has 2 aromatic carbocycles. The lowest BCUT2D eigenvalue weighted by molar-refractivity contribution is -0.138. The van der Waals surface area contributed by atoms with Gasteiger partial charge in [-0.2, -0.15) is 0 Å². The van der Waals surface area contributed by atoms with E-state index >= 15 is 0 Å². The van der Waals surface area contributed by atoms with Crippen molar-refractivity contribution >= 4 is 56.3 Å². The zero-order valence-electron chi connectivity index (χ0n) is 18.6. The second-order valence-corrected chi connectivity index (χ2v) is 10.7. The van der Waals surface area contributed by atoms with E-state index in [0.717, 1.165) is 12.1 Å². The molecule has 0 spiro atoms. The second-order valence-electron chi connectivity index (χ2n) is 7.46. The number of anilines is 1. The van der Waals surface area contributed by atoms with Crippen molar-refractivity contribution in [2.24, 2.45) is 0 Å². The van der Waals surface area contributed by atoms with Crippen LogP contribution >= 0.6 is 34.5 Å². The van der Waals surface area contributed by atoms with Crippen LogP contribution in [0.5, 0.6) is 11.5 Å². The molecule has 0 radical (unpaired) electrons. The molecule has 0 atom stereocenters. The molecule has 0 saturated carbocycles. The molecule has 36 heavy (non-hydrogen) atoms. The molecule has 1 aromatic heterocycles. The Hall–Kier alpha value is -2.88. The highest BCUT2D eigenvalue weighted by molar-refractivity contribution is 7.92. The first-order valence-electron chi connectivity index (χ1n) is 10.3. The molecule has 3 aromatic rings. The number of sulfonamides is 1. The molecular formula is C23H20Cl2FN3O5S2. The molecule has 3 rings (SSSR count). The van der Waals surface area contributed by atoms with Gasteiger partial charge in [-0.1, -0.05) is 29.1 Å². The number of aromatic nitrogens is 1. The van der Waals surface area contributed by atoms with Gasteiger partial charge in [-0.3, -0.25) is 14.4 Å². The van der Waals surface area contributed by atoms with Gasteiger partial charge in [0, 0.05) is 23.0 Å². The quantitative estimate of drug-likeness (QED) is 0.290. The summed E-state index contributed by atoms with van der Waals surface area (Å²) in [6.07, 6.45) is 6.29. The predicted molar refractivity (Wildman–Crippen MR) is 137 cm³/mol. The third-order valence-corrected chi connectivity index (χ3v) is 7.27. The maximum Gasteiger partial charge on any atom is 0.317 e. The highest BCUT2D eigenvalue weighted by Gasteiger charge is 2.23. The number of halogens is 3. The molecule has 2 N–H and O–H groups in total. The Morgan fingerprint density at radius 1 is 1.28 bits per heavy atom. The van der Waals surface area contributed by atoms with E-state index in [1.54, 1.807) is 23.1 Å². The summed E-state index contributed by atoms with van der Waals surface area (Å²) in [7, 11) is -4.27. The van der Waals surface area contributed by atoms with Crippen molar-refractivity contribution in [3.8, 4) is 23.8 Å². The largest absolute Gasteiger partial charge is 0.480 e. The Morgan fingerprint density at radius 3 is 2.72 bits per heavy atom. The average molecular weight is 572 g/mol. The third kappa shape index (κ3) is 7.56. The number of carboxylic acids is 1. The van der Waals surface area contributed by atoms with Crippen LogP contribution in [0.15, 0.2) is 46.1 Å². The van der Waals surface area contributed by atoms with Gasteiger partial charge < -0.3 is 9.84 Å². The summed E-state index contributed by atoms with van der Waals surface area (Å²) in [6.45, 7) is 0.410. The fourth-order valence-corrected chi connectivity index (χ4v) is 5.34. The lowest BCUT2D eigenvalue weighted by Gasteiger charge is -2.18. The number of thiazole rings is 1. The molecule has 0 bridgehead atoms. The predicted octanol–water partition coefficient (Wildman–Crippen LogP) is 5.13. The first kappa shape index (κ1) is 27.7. The van der Waals surface area contributed by atoms with Crippen LogP contribution in [0.2, 0.25) is 10.0 Å². The third-order valence-electron chi connectivity index (χ3n) is 4.78. The number of rotatable bonds is 12. The summed E-state index contributed by atoms with van der Waals surface area (Å²) in [5, 5.41) is 10.8. The first-order valence-corrected chi connectivity index (χ1v) is 13.5. The van der Waals surface area contributed by atoms with Gasteiger partial charge in [-0.05, 0) is 42.7 Å². The number of hydrogen-bond donors (Lipinski definition) is 2. The van der Waals surface area contributed by atoms with Crippen molar-refractivity contribution < 1.29 is 27.4 Å². The Labute approximate surface area is 221 Å². The zero-order chi connectivity index (χ0) is 26.3. The van der Waals surface area contributed by atoms with Crippen molar-refractivity contribution in [3.05, 3.63) is 62.6 Å². The van der Waals surface area contributed by atoms with E-state index in [1.165, 1.54) is 22.2 Å². The van der Waals surface area contributed by atoms with Crippen LogP contribution < -0.4 is 9.46 Å². The second kappa shape index (κ2) is 12.4. The van der Waals surface area contributed by atoms with Gasteiger partial charge in [-0.15, -0.1) is 17.8 Å². The fraction of sp³-hybridized carbons (Fsp3) is 0.217. The van der Waals surface area contributed by atoms with Crippen molar-refractivity contribution in [2.75, 3.05) is 24.4 Å². The maximum absolute atomic E-state index is 14.8. The molecule has 0 fully saturated rings. The topological polar surface area (TPSA) is 109 Å². The summed E-state index contributed by atoms with van der Waals surface area (Å²) >= 11 is 13.6.